The van der Waals surface area contributed by atoms with Crippen LogP contribution in [0.3, 0.4) is 0 Å². The molecule has 1 amide bonds. The van der Waals surface area contributed by atoms with Gasteiger partial charge in [0.1, 0.15) is 24.4 Å². The number of ether oxygens (including phenoxy) is 3. The first-order chi connectivity index (χ1) is 43.7. The van der Waals surface area contributed by atoms with Gasteiger partial charge in [-0.1, -0.05) is 311 Å². The van der Waals surface area contributed by atoms with E-state index >= 15 is 0 Å². The molecule has 0 spiro atoms. The second kappa shape index (κ2) is 64.7. The Labute approximate surface area is 546 Å². The molecule has 0 aromatic rings. The molecule has 0 aromatic heterocycles. The zero-order valence-electron chi connectivity index (χ0n) is 57.3. The minimum Gasteiger partial charge on any atom is -0.454 e. The average molecular weight is 1250 g/mol. The summed E-state index contributed by atoms with van der Waals surface area (Å²) >= 11 is 0. The van der Waals surface area contributed by atoms with Gasteiger partial charge in [-0.05, 0) is 103 Å². The number of unbranched alkanes of at least 4 members (excludes halogenated alkanes) is 35. The molecular weight excluding hydrogens is 1110 g/mol. The normalized spacial score (nSPS) is 18.7. The Morgan fingerprint density at radius 2 is 0.809 bits per heavy atom. The molecule has 0 saturated carbocycles. The summed E-state index contributed by atoms with van der Waals surface area (Å²) in [5.41, 5.74) is 0. The summed E-state index contributed by atoms with van der Waals surface area (Å²) in [6, 6.07) is -1.04. The van der Waals surface area contributed by atoms with Gasteiger partial charge < -0.3 is 45.1 Å². The second-order valence-electron chi connectivity index (χ2n) is 25.3. The van der Waals surface area contributed by atoms with E-state index in [2.05, 4.69) is 111 Å². The Hall–Kier alpha value is -3.42. The highest BCUT2D eigenvalue weighted by Gasteiger charge is 2.47. The number of hydrogen-bond donors (Lipinski definition) is 6. The number of hydrogen-bond acceptors (Lipinski definition) is 10. The molecule has 0 radical (unpaired) electrons. The van der Waals surface area contributed by atoms with E-state index in [9.17, 15) is 35.1 Å². The lowest BCUT2D eigenvalue weighted by Gasteiger charge is -2.41. The van der Waals surface area contributed by atoms with Crippen molar-refractivity contribution in [2.45, 2.75) is 372 Å². The highest BCUT2D eigenvalue weighted by Crippen LogP contribution is 2.26. The highest BCUT2D eigenvalue weighted by atomic mass is 16.7. The Kier molecular flexibility index (Phi) is 60.7. The van der Waals surface area contributed by atoms with Crippen molar-refractivity contribution in [3.63, 3.8) is 0 Å². The molecule has 6 N–H and O–H groups in total. The molecule has 1 aliphatic heterocycles. The third-order valence-electron chi connectivity index (χ3n) is 17.0. The van der Waals surface area contributed by atoms with E-state index in [1.165, 1.54) is 186 Å². The lowest BCUT2D eigenvalue weighted by atomic mass is 9.99. The highest BCUT2D eigenvalue weighted by molar-refractivity contribution is 5.80. The van der Waals surface area contributed by atoms with Gasteiger partial charge in [0.2, 0.25) is 5.91 Å². The number of carbonyl (C=O) groups is 2. The van der Waals surface area contributed by atoms with Crippen LogP contribution in [-0.2, 0) is 23.8 Å². The van der Waals surface area contributed by atoms with Gasteiger partial charge in [-0.2, -0.15) is 0 Å². The Morgan fingerprint density at radius 3 is 1.22 bits per heavy atom. The quantitative estimate of drug-likeness (QED) is 0.0195. The number of carbonyl (C=O) groups excluding carboxylic acids is 2. The summed E-state index contributed by atoms with van der Waals surface area (Å²) in [7, 11) is 0. The summed E-state index contributed by atoms with van der Waals surface area (Å²) in [4.78, 5) is 26.7. The standard InChI is InChI=1S/C78H137NO10/c1-4-7-10-13-16-19-22-25-27-29-31-33-34-35-36-37-39-40-42-44-47-50-53-56-59-62-65-71(82)77(86)79-69(70(81)64-61-58-55-52-49-46-24-21-18-15-12-9-6-3)68-87-78-76(75(85)74(84)72(67-80)88-78)89-73(83)66-63-60-57-54-51-48-45-43-41-38-32-30-28-26-23-20-17-14-11-8-5-2/h8,11,17,20,25-28,32,38,43,45,51,54,61,64,69-72,74-76,78,80-82,84-85H,4-7,9-10,12-16,18-19,21-24,29-31,33-37,39-42,44,46-50,52-53,55-60,62-63,65-68H2,1-3H3,(H,79,86)/b11-8-,20-17-,27-25+,28-26-,38-32-,45-43-,54-51-,64-61+. The fraction of sp³-hybridized carbons (Fsp3) is 0.769. The molecule has 11 heteroatoms. The lowest BCUT2D eigenvalue weighted by molar-refractivity contribution is -0.305. The summed E-state index contributed by atoms with van der Waals surface area (Å²) in [5.74, 6) is -1.24. The van der Waals surface area contributed by atoms with Crippen LogP contribution >= 0.6 is 0 Å². The maximum absolute atomic E-state index is 13.5. The number of esters is 1. The molecule has 0 bridgehead atoms. The fourth-order valence-electron chi connectivity index (χ4n) is 11.2. The van der Waals surface area contributed by atoms with Crippen molar-refractivity contribution in [1.82, 2.24) is 5.32 Å². The molecule has 1 aliphatic rings. The van der Waals surface area contributed by atoms with E-state index in [4.69, 9.17) is 14.2 Å². The Morgan fingerprint density at radius 1 is 0.449 bits per heavy atom. The Balaban J connectivity index is 2.59. The molecule has 0 aromatic carbocycles. The van der Waals surface area contributed by atoms with Crippen LogP contribution in [0.4, 0.5) is 0 Å². The lowest BCUT2D eigenvalue weighted by Crippen LogP contribution is -2.61. The van der Waals surface area contributed by atoms with E-state index in [1.807, 2.05) is 6.08 Å². The molecule has 1 rings (SSSR count). The first-order valence-corrected chi connectivity index (χ1v) is 37.0. The van der Waals surface area contributed by atoms with Gasteiger partial charge in [0.15, 0.2) is 12.4 Å². The molecule has 89 heavy (non-hydrogen) atoms. The predicted octanol–water partition coefficient (Wildman–Crippen LogP) is 19.4. The number of nitrogens with one attached hydrogen (secondary N) is 1. The van der Waals surface area contributed by atoms with Gasteiger partial charge in [-0.15, -0.1) is 0 Å². The largest absolute Gasteiger partial charge is 0.454 e. The Bertz CT molecular complexity index is 1820. The van der Waals surface area contributed by atoms with Gasteiger partial charge in [0.25, 0.3) is 0 Å². The summed E-state index contributed by atoms with van der Waals surface area (Å²) in [5, 5.41) is 57.3. The van der Waals surface area contributed by atoms with Crippen LogP contribution in [-0.4, -0.2) is 99.6 Å². The van der Waals surface area contributed by atoms with Crippen molar-refractivity contribution in [2.24, 2.45) is 0 Å². The zero-order chi connectivity index (χ0) is 64.6. The van der Waals surface area contributed by atoms with Gasteiger partial charge in [-0.25, -0.2) is 0 Å². The molecule has 1 saturated heterocycles. The third kappa shape index (κ3) is 51.7. The van der Waals surface area contributed by atoms with Gasteiger partial charge in [0.05, 0.1) is 25.4 Å². The average Bonchev–Trinajstić information content (AvgIpc) is 2.24. The number of aliphatic hydroxyl groups is 5. The number of amides is 1. The van der Waals surface area contributed by atoms with Crippen LogP contribution in [0.15, 0.2) is 97.2 Å². The molecule has 1 fully saturated rings. The summed E-state index contributed by atoms with van der Waals surface area (Å²) in [6.07, 6.45) is 77.4. The minimum atomic E-state index is -1.64. The fourth-order valence-corrected chi connectivity index (χ4v) is 11.2. The first kappa shape index (κ1) is 83.6. The maximum Gasteiger partial charge on any atom is 0.306 e. The van der Waals surface area contributed by atoms with Crippen molar-refractivity contribution >= 4 is 11.9 Å². The summed E-state index contributed by atoms with van der Waals surface area (Å²) < 4.78 is 17.7. The van der Waals surface area contributed by atoms with Gasteiger partial charge in [0, 0.05) is 6.42 Å². The van der Waals surface area contributed by atoms with Gasteiger partial charge >= 0.3 is 5.97 Å². The van der Waals surface area contributed by atoms with Crippen LogP contribution in [0.1, 0.15) is 323 Å². The minimum absolute atomic E-state index is 0.0653. The SMILES string of the molecule is CC/C=C\C/C=C\C/C=C\C/C=C\C/C=C\C/C=C\CCCCC(=O)OC1C(OCC(NC(=O)C(O)CCCCCCCCCCCCCCCCCC/C=C/CCCCCCCC)C(O)/C=C/CCCCCCCCCCCCC)OC(CO)C(O)C1O. The first-order valence-electron chi connectivity index (χ1n) is 37.0. The number of allylic oxidation sites excluding steroid dienone is 15. The van der Waals surface area contributed by atoms with E-state index < -0.39 is 67.4 Å². The molecule has 1 heterocycles. The van der Waals surface area contributed by atoms with Crippen molar-refractivity contribution < 1.29 is 49.3 Å². The van der Waals surface area contributed by atoms with Crippen molar-refractivity contribution in [2.75, 3.05) is 13.2 Å². The maximum atomic E-state index is 13.5. The second-order valence-corrected chi connectivity index (χ2v) is 25.3. The third-order valence-corrected chi connectivity index (χ3v) is 17.0. The van der Waals surface area contributed by atoms with Crippen molar-refractivity contribution in [1.29, 1.82) is 0 Å². The molecular formula is C78H137NO10. The van der Waals surface area contributed by atoms with Crippen molar-refractivity contribution in [3.05, 3.63) is 97.2 Å². The van der Waals surface area contributed by atoms with Crippen LogP contribution in [0.2, 0.25) is 0 Å². The molecule has 514 valence electrons. The summed E-state index contributed by atoms with van der Waals surface area (Å²) in [6.45, 7) is 5.69. The predicted molar refractivity (Wildman–Crippen MR) is 375 cm³/mol. The van der Waals surface area contributed by atoms with E-state index in [1.54, 1.807) is 6.08 Å². The number of rotatable bonds is 63. The van der Waals surface area contributed by atoms with Crippen LogP contribution < -0.4 is 5.32 Å². The topological polar surface area (TPSA) is 175 Å². The zero-order valence-corrected chi connectivity index (χ0v) is 57.3. The van der Waals surface area contributed by atoms with E-state index in [-0.39, 0.29) is 19.4 Å². The molecule has 0 aliphatic carbocycles. The van der Waals surface area contributed by atoms with Crippen LogP contribution in [0.5, 0.6) is 0 Å². The van der Waals surface area contributed by atoms with Gasteiger partial charge in [-0.3, -0.25) is 9.59 Å². The molecule has 8 unspecified atom stereocenters. The van der Waals surface area contributed by atoms with E-state index in [0.29, 0.717) is 12.8 Å². The van der Waals surface area contributed by atoms with E-state index in [0.717, 1.165) is 89.9 Å². The smallest absolute Gasteiger partial charge is 0.306 e. The number of aliphatic hydroxyl groups excluding tert-OH is 5. The van der Waals surface area contributed by atoms with Crippen molar-refractivity contribution in [3.8, 4) is 0 Å². The molecule has 8 atom stereocenters. The monoisotopic (exact) mass is 1250 g/mol. The molecule has 11 nitrogen and oxygen atoms in total. The van der Waals surface area contributed by atoms with Crippen LogP contribution in [0, 0.1) is 0 Å². The van der Waals surface area contributed by atoms with Crippen LogP contribution in [0.25, 0.3) is 0 Å².